The van der Waals surface area contributed by atoms with Crippen LogP contribution in [-0.4, -0.2) is 39.1 Å². The number of carbonyl (C=O) groups is 1. The smallest absolute Gasteiger partial charge is 0.233 e. The Labute approximate surface area is 183 Å². The van der Waals surface area contributed by atoms with Gasteiger partial charge in [-0.25, -0.2) is 0 Å². The lowest BCUT2D eigenvalue weighted by Crippen LogP contribution is -2.43. The molecule has 1 aromatic carbocycles. The number of para-hydroxylation sites is 1. The van der Waals surface area contributed by atoms with Gasteiger partial charge in [-0.05, 0) is 69.9 Å². The maximum Gasteiger partial charge on any atom is 0.233 e. The lowest BCUT2D eigenvalue weighted by Gasteiger charge is -2.29. The van der Waals surface area contributed by atoms with Crippen molar-refractivity contribution in [3.8, 4) is 17.1 Å². The third-order valence-electron chi connectivity index (χ3n) is 6.84. The topological polar surface area (TPSA) is 69.0 Å². The first-order valence-electron chi connectivity index (χ1n) is 11.0. The van der Waals surface area contributed by atoms with Gasteiger partial charge < -0.3 is 14.6 Å². The van der Waals surface area contributed by atoms with Crippen molar-refractivity contribution in [2.45, 2.75) is 69.4 Å². The fourth-order valence-electron chi connectivity index (χ4n) is 5.26. The van der Waals surface area contributed by atoms with Crippen LogP contribution in [0, 0.1) is 17.8 Å². The molecule has 2 bridgehead atoms. The first-order chi connectivity index (χ1) is 14.5. The van der Waals surface area contributed by atoms with E-state index < -0.39 is 0 Å². The number of thioether (sulfide) groups is 1. The van der Waals surface area contributed by atoms with Crippen LogP contribution in [0.4, 0.5) is 0 Å². The molecule has 0 unspecified atom stereocenters. The van der Waals surface area contributed by atoms with E-state index in [-0.39, 0.29) is 17.2 Å². The van der Waals surface area contributed by atoms with Crippen LogP contribution in [0.2, 0.25) is 0 Å². The van der Waals surface area contributed by atoms with Crippen molar-refractivity contribution in [3.05, 3.63) is 24.3 Å². The highest BCUT2D eigenvalue weighted by molar-refractivity contribution is 8.00. The SMILES string of the molecule is CCn1c(S[C@H](C)C(=O)N[C@H](C)[C@H]2C[C@H]3CC[C@H]2C3)nnc1-c1ccccc1OC. The Bertz CT molecular complexity index is 899. The van der Waals surface area contributed by atoms with Crippen molar-refractivity contribution in [2.24, 2.45) is 17.8 Å². The van der Waals surface area contributed by atoms with Crippen LogP contribution in [0.1, 0.15) is 46.5 Å². The molecule has 162 valence electrons. The van der Waals surface area contributed by atoms with Gasteiger partial charge in [-0.1, -0.05) is 30.3 Å². The van der Waals surface area contributed by atoms with Crippen molar-refractivity contribution < 1.29 is 9.53 Å². The Hall–Kier alpha value is -2.02. The fraction of sp³-hybridized carbons (Fsp3) is 0.609. The van der Waals surface area contributed by atoms with Crippen molar-refractivity contribution in [1.29, 1.82) is 0 Å². The summed E-state index contributed by atoms with van der Waals surface area (Å²) in [6, 6.07) is 8.05. The number of methoxy groups -OCH3 is 1. The highest BCUT2D eigenvalue weighted by Crippen LogP contribution is 2.49. The molecule has 1 heterocycles. The molecule has 5 atom stereocenters. The average molecular weight is 429 g/mol. The number of hydrogen-bond acceptors (Lipinski definition) is 5. The summed E-state index contributed by atoms with van der Waals surface area (Å²) in [6.07, 6.45) is 5.36. The molecule has 7 heteroatoms. The zero-order valence-electron chi connectivity index (χ0n) is 18.3. The molecular weight excluding hydrogens is 396 g/mol. The van der Waals surface area contributed by atoms with E-state index in [0.717, 1.165) is 40.7 Å². The van der Waals surface area contributed by atoms with E-state index in [0.29, 0.717) is 5.92 Å². The molecule has 2 aliphatic rings. The zero-order chi connectivity index (χ0) is 21.3. The summed E-state index contributed by atoms with van der Waals surface area (Å²) < 4.78 is 7.54. The quantitative estimate of drug-likeness (QED) is 0.631. The van der Waals surface area contributed by atoms with E-state index in [4.69, 9.17) is 4.74 Å². The van der Waals surface area contributed by atoms with E-state index in [2.05, 4.69) is 29.4 Å². The third-order valence-corrected chi connectivity index (χ3v) is 7.92. The van der Waals surface area contributed by atoms with Gasteiger partial charge in [0.1, 0.15) is 5.75 Å². The van der Waals surface area contributed by atoms with Gasteiger partial charge in [0.25, 0.3) is 0 Å². The summed E-state index contributed by atoms with van der Waals surface area (Å²) in [5.74, 6) is 3.95. The van der Waals surface area contributed by atoms with Crippen molar-refractivity contribution in [2.75, 3.05) is 7.11 Å². The Kier molecular flexibility index (Phi) is 6.37. The summed E-state index contributed by atoms with van der Waals surface area (Å²) in [6.45, 7) is 6.91. The van der Waals surface area contributed by atoms with Crippen LogP contribution in [0.3, 0.4) is 0 Å². The van der Waals surface area contributed by atoms with E-state index in [1.165, 1.54) is 37.4 Å². The maximum atomic E-state index is 12.9. The molecular formula is C23H32N4O2S. The molecule has 1 amide bonds. The van der Waals surface area contributed by atoms with E-state index in [1.54, 1.807) is 7.11 Å². The molecule has 30 heavy (non-hydrogen) atoms. The first-order valence-corrected chi connectivity index (χ1v) is 11.9. The minimum atomic E-state index is -0.231. The summed E-state index contributed by atoms with van der Waals surface area (Å²) in [7, 11) is 1.66. The summed E-state index contributed by atoms with van der Waals surface area (Å²) in [4.78, 5) is 12.9. The lowest BCUT2D eigenvalue weighted by atomic mass is 9.84. The summed E-state index contributed by atoms with van der Waals surface area (Å²) in [5, 5.41) is 12.6. The normalized spacial score (nSPS) is 24.6. The first kappa shape index (κ1) is 21.2. The zero-order valence-corrected chi connectivity index (χ0v) is 19.1. The number of fused-ring (bicyclic) bond motifs is 2. The number of nitrogens with zero attached hydrogens (tertiary/aromatic N) is 3. The molecule has 1 N–H and O–H groups in total. The predicted molar refractivity (Wildman–Crippen MR) is 120 cm³/mol. The summed E-state index contributed by atoms with van der Waals surface area (Å²) in [5.41, 5.74) is 0.906. The van der Waals surface area contributed by atoms with Crippen LogP contribution < -0.4 is 10.1 Å². The highest BCUT2D eigenvalue weighted by Gasteiger charge is 2.42. The van der Waals surface area contributed by atoms with Gasteiger partial charge in [0, 0.05) is 12.6 Å². The Morgan fingerprint density at radius 1 is 1.27 bits per heavy atom. The number of benzene rings is 1. The molecule has 2 saturated carbocycles. The molecule has 0 aliphatic heterocycles. The Morgan fingerprint density at radius 3 is 2.73 bits per heavy atom. The van der Waals surface area contributed by atoms with E-state index >= 15 is 0 Å². The van der Waals surface area contributed by atoms with Gasteiger partial charge in [0.2, 0.25) is 5.91 Å². The number of aromatic nitrogens is 3. The van der Waals surface area contributed by atoms with Crippen molar-refractivity contribution in [3.63, 3.8) is 0 Å². The number of rotatable bonds is 8. The predicted octanol–water partition coefficient (Wildman–Crippen LogP) is 4.40. The molecule has 6 nitrogen and oxygen atoms in total. The van der Waals surface area contributed by atoms with Gasteiger partial charge in [-0.2, -0.15) is 0 Å². The number of ether oxygens (including phenoxy) is 1. The molecule has 0 radical (unpaired) electrons. The van der Waals surface area contributed by atoms with Gasteiger partial charge in [-0.3, -0.25) is 4.79 Å². The van der Waals surface area contributed by atoms with Crippen LogP contribution in [0.15, 0.2) is 29.4 Å². The summed E-state index contributed by atoms with van der Waals surface area (Å²) >= 11 is 1.47. The van der Waals surface area contributed by atoms with Gasteiger partial charge in [0.15, 0.2) is 11.0 Å². The second-order valence-electron chi connectivity index (χ2n) is 8.65. The molecule has 2 aromatic rings. The van der Waals surface area contributed by atoms with Crippen LogP contribution in [0.5, 0.6) is 5.75 Å². The molecule has 1 aromatic heterocycles. The molecule has 2 aliphatic carbocycles. The molecule has 0 saturated heterocycles. The van der Waals surface area contributed by atoms with Gasteiger partial charge in [0.05, 0.1) is 17.9 Å². The maximum absolute atomic E-state index is 12.9. The molecule has 4 rings (SSSR count). The largest absolute Gasteiger partial charge is 0.496 e. The average Bonchev–Trinajstić information content (AvgIpc) is 3.49. The Morgan fingerprint density at radius 2 is 2.07 bits per heavy atom. The fourth-order valence-corrected chi connectivity index (χ4v) is 6.18. The van der Waals surface area contributed by atoms with Crippen LogP contribution in [-0.2, 0) is 11.3 Å². The number of nitrogens with one attached hydrogen (secondary N) is 1. The minimum Gasteiger partial charge on any atom is -0.496 e. The molecule has 0 spiro atoms. The highest BCUT2D eigenvalue weighted by atomic mass is 32.2. The van der Waals surface area contributed by atoms with Crippen LogP contribution in [0.25, 0.3) is 11.4 Å². The number of hydrogen-bond donors (Lipinski definition) is 1. The number of amides is 1. The number of carbonyl (C=O) groups excluding carboxylic acids is 1. The van der Waals surface area contributed by atoms with Crippen molar-refractivity contribution in [1.82, 2.24) is 20.1 Å². The standard InChI is InChI=1S/C23H32N4O2S/c1-5-27-21(18-8-6-7-9-20(18)29-4)25-26-23(27)30-15(3)22(28)24-14(2)19-13-16-10-11-17(19)12-16/h6-9,14-17,19H,5,10-13H2,1-4H3,(H,24,28)/t14-,15-,16+,17+,19-/m1/s1. The van der Waals surface area contributed by atoms with Gasteiger partial charge in [-0.15, -0.1) is 10.2 Å². The van der Waals surface area contributed by atoms with Gasteiger partial charge >= 0.3 is 0 Å². The Balaban J connectivity index is 1.43. The van der Waals surface area contributed by atoms with E-state index in [9.17, 15) is 4.79 Å². The second-order valence-corrected chi connectivity index (χ2v) is 9.95. The monoisotopic (exact) mass is 428 g/mol. The third kappa shape index (κ3) is 4.09. The van der Waals surface area contributed by atoms with Crippen molar-refractivity contribution >= 4 is 17.7 Å². The lowest BCUT2D eigenvalue weighted by molar-refractivity contribution is -0.121. The van der Waals surface area contributed by atoms with Crippen LogP contribution >= 0.6 is 11.8 Å². The molecule has 2 fully saturated rings. The minimum absolute atomic E-state index is 0.0831. The van der Waals surface area contributed by atoms with E-state index in [1.807, 2.05) is 35.8 Å². The second kappa shape index (κ2) is 9.00.